The van der Waals surface area contributed by atoms with Crippen LogP contribution in [-0.4, -0.2) is 32.1 Å². The van der Waals surface area contributed by atoms with E-state index in [9.17, 15) is 0 Å². The molecule has 19 heavy (non-hydrogen) atoms. The molecule has 2 aromatic heterocycles. The van der Waals surface area contributed by atoms with E-state index >= 15 is 0 Å². The Morgan fingerprint density at radius 2 is 2.21 bits per heavy atom. The molecule has 3 heterocycles. The molecule has 0 unspecified atom stereocenters. The lowest BCUT2D eigenvalue weighted by molar-refractivity contribution is -0.655. The molecule has 0 radical (unpaired) electrons. The summed E-state index contributed by atoms with van der Waals surface area (Å²) >= 11 is 0. The number of hydrogen-bond donors (Lipinski definition) is 1. The van der Waals surface area contributed by atoms with E-state index in [1.54, 1.807) is 21.8 Å². The molecule has 1 aliphatic rings. The average molecular weight is 257 g/mol. The number of H-pyrrole nitrogens is 1. The Morgan fingerprint density at radius 3 is 3.11 bits per heavy atom. The summed E-state index contributed by atoms with van der Waals surface area (Å²) in [7, 11) is 0. The van der Waals surface area contributed by atoms with Gasteiger partial charge in [0.05, 0.1) is 17.5 Å². The van der Waals surface area contributed by atoms with Gasteiger partial charge < -0.3 is 9.47 Å². The maximum atomic E-state index is 5.36. The summed E-state index contributed by atoms with van der Waals surface area (Å²) in [5.41, 5.74) is 0.833. The summed E-state index contributed by atoms with van der Waals surface area (Å²) in [6.45, 7) is 0.247. The van der Waals surface area contributed by atoms with E-state index < -0.39 is 0 Å². The maximum Gasteiger partial charge on any atom is 0.434 e. The lowest BCUT2D eigenvalue weighted by atomic mass is 10.3. The van der Waals surface area contributed by atoms with Crippen molar-refractivity contribution in [2.75, 3.05) is 6.79 Å². The van der Waals surface area contributed by atoms with Crippen molar-refractivity contribution in [1.82, 2.24) is 25.3 Å². The van der Waals surface area contributed by atoms with E-state index in [0.29, 0.717) is 11.7 Å². The summed E-state index contributed by atoms with van der Waals surface area (Å²) in [6, 6.07) is 7.41. The topological polar surface area (TPSA) is 81.7 Å². The second kappa shape index (κ2) is 3.80. The molecule has 3 aromatic rings. The van der Waals surface area contributed by atoms with Crippen molar-refractivity contribution < 1.29 is 14.2 Å². The Hall–Kier alpha value is -2.90. The minimum absolute atomic E-state index is 0.247. The fraction of sp³-hybridized carbons (Fsp3) is 0.0909. The van der Waals surface area contributed by atoms with Crippen molar-refractivity contribution in [2.24, 2.45) is 0 Å². The van der Waals surface area contributed by atoms with Crippen molar-refractivity contribution in [2.45, 2.75) is 0 Å². The molecule has 0 saturated carbocycles. The van der Waals surface area contributed by atoms with Crippen LogP contribution in [0.1, 0.15) is 0 Å². The van der Waals surface area contributed by atoms with Crippen molar-refractivity contribution >= 4 is 0 Å². The molecular weight excluding hydrogens is 248 g/mol. The van der Waals surface area contributed by atoms with Crippen LogP contribution in [0.2, 0.25) is 0 Å². The molecular formula is C11H9N6O2+. The van der Waals surface area contributed by atoms with Gasteiger partial charge in [0, 0.05) is 6.07 Å². The number of aromatic amines is 1. The third kappa shape index (κ3) is 1.53. The van der Waals surface area contributed by atoms with Gasteiger partial charge in [-0.1, -0.05) is 5.21 Å². The van der Waals surface area contributed by atoms with Crippen LogP contribution in [-0.2, 0) is 0 Å². The van der Waals surface area contributed by atoms with Gasteiger partial charge in [-0.2, -0.15) is 0 Å². The number of hydrogen-bond acceptors (Lipinski definition) is 5. The molecule has 0 saturated heterocycles. The maximum absolute atomic E-state index is 5.36. The standard InChI is InChI=1S/C11H8N6O2/c1-4-12-16(5-1)11-13-14-15-17(11)8-2-3-9-10(6-8)19-7-18-9/h1-6H,7H2/p+1. The minimum atomic E-state index is 0.247. The Bertz CT molecular complexity index is 721. The SMILES string of the molecule is c1cnn(-c2nn[nH][n+]2-c2ccc3c(c2)OCO3)c1. The molecule has 8 nitrogen and oxygen atoms in total. The Labute approximate surface area is 107 Å². The first kappa shape index (κ1) is 10.1. The first-order valence-corrected chi connectivity index (χ1v) is 5.65. The van der Waals surface area contributed by atoms with E-state index in [0.717, 1.165) is 11.4 Å². The highest BCUT2D eigenvalue weighted by Crippen LogP contribution is 2.32. The van der Waals surface area contributed by atoms with Crippen LogP contribution >= 0.6 is 0 Å². The minimum Gasteiger partial charge on any atom is -0.454 e. The number of fused-ring (bicyclic) bond motifs is 1. The van der Waals surface area contributed by atoms with Crippen LogP contribution in [0.4, 0.5) is 0 Å². The van der Waals surface area contributed by atoms with E-state index in [-0.39, 0.29) is 6.79 Å². The highest BCUT2D eigenvalue weighted by molar-refractivity contribution is 5.47. The van der Waals surface area contributed by atoms with Gasteiger partial charge in [-0.05, 0) is 18.2 Å². The monoisotopic (exact) mass is 257 g/mol. The fourth-order valence-electron chi connectivity index (χ4n) is 1.93. The predicted molar refractivity (Wildman–Crippen MR) is 61.2 cm³/mol. The van der Waals surface area contributed by atoms with Gasteiger partial charge in [-0.3, -0.25) is 0 Å². The van der Waals surface area contributed by atoms with Gasteiger partial charge >= 0.3 is 5.95 Å². The van der Waals surface area contributed by atoms with E-state index in [1.807, 2.05) is 24.3 Å². The molecule has 4 rings (SSSR count). The Kier molecular flexibility index (Phi) is 2.01. The highest BCUT2D eigenvalue weighted by Gasteiger charge is 2.21. The molecule has 0 fully saturated rings. The quantitative estimate of drug-likeness (QED) is 0.653. The second-order valence-corrected chi connectivity index (χ2v) is 3.92. The number of ether oxygens (including phenoxy) is 2. The van der Waals surface area contributed by atoms with E-state index in [4.69, 9.17) is 9.47 Å². The van der Waals surface area contributed by atoms with Crippen molar-refractivity contribution in [3.8, 4) is 23.1 Å². The first-order chi connectivity index (χ1) is 9.42. The zero-order valence-corrected chi connectivity index (χ0v) is 9.72. The normalized spacial score (nSPS) is 12.8. The van der Waals surface area contributed by atoms with E-state index in [1.165, 1.54) is 0 Å². The summed E-state index contributed by atoms with van der Waals surface area (Å²) in [4.78, 5) is 0. The molecule has 1 aliphatic heterocycles. The van der Waals surface area contributed by atoms with Gasteiger partial charge in [-0.15, -0.1) is 14.5 Å². The van der Waals surface area contributed by atoms with Gasteiger partial charge in [0.2, 0.25) is 6.79 Å². The van der Waals surface area contributed by atoms with Crippen LogP contribution in [0, 0.1) is 0 Å². The van der Waals surface area contributed by atoms with Crippen LogP contribution < -0.4 is 14.2 Å². The smallest absolute Gasteiger partial charge is 0.434 e. The largest absolute Gasteiger partial charge is 0.454 e. The van der Waals surface area contributed by atoms with Gasteiger partial charge in [-0.25, -0.2) is 0 Å². The average Bonchev–Trinajstić information content (AvgIpc) is 3.18. The zero-order chi connectivity index (χ0) is 12.7. The lowest BCUT2D eigenvalue weighted by Crippen LogP contribution is -2.37. The van der Waals surface area contributed by atoms with Crippen LogP contribution in [0.15, 0.2) is 36.7 Å². The number of rotatable bonds is 2. The number of benzene rings is 1. The van der Waals surface area contributed by atoms with Crippen LogP contribution in [0.3, 0.4) is 0 Å². The van der Waals surface area contributed by atoms with E-state index in [2.05, 4.69) is 20.6 Å². The molecule has 0 amide bonds. The molecule has 0 atom stereocenters. The molecule has 0 bridgehead atoms. The number of nitrogens with one attached hydrogen (secondary N) is 1. The summed E-state index contributed by atoms with van der Waals surface area (Å²) < 4.78 is 14.0. The van der Waals surface area contributed by atoms with Crippen LogP contribution in [0.25, 0.3) is 11.6 Å². The Morgan fingerprint density at radius 1 is 1.26 bits per heavy atom. The van der Waals surface area contributed by atoms with Crippen molar-refractivity contribution in [3.05, 3.63) is 36.7 Å². The molecule has 1 N–H and O–H groups in total. The molecule has 94 valence electrons. The zero-order valence-electron chi connectivity index (χ0n) is 9.72. The summed E-state index contributed by atoms with van der Waals surface area (Å²) in [6.07, 6.45) is 3.47. The predicted octanol–water partition coefficient (Wildman–Crippen LogP) is -0.00420. The third-order valence-electron chi connectivity index (χ3n) is 2.81. The number of nitrogens with zero attached hydrogens (tertiary/aromatic N) is 5. The third-order valence-corrected chi connectivity index (χ3v) is 2.81. The fourth-order valence-corrected chi connectivity index (χ4v) is 1.93. The van der Waals surface area contributed by atoms with Crippen molar-refractivity contribution in [1.29, 1.82) is 0 Å². The molecule has 1 aromatic carbocycles. The molecule has 8 heteroatoms. The summed E-state index contributed by atoms with van der Waals surface area (Å²) in [5.74, 6) is 1.99. The first-order valence-electron chi connectivity index (χ1n) is 5.65. The van der Waals surface area contributed by atoms with Gasteiger partial charge in [0.25, 0.3) is 0 Å². The van der Waals surface area contributed by atoms with Gasteiger partial charge in [0.15, 0.2) is 11.5 Å². The molecule has 0 spiro atoms. The number of tetrazole rings is 1. The highest BCUT2D eigenvalue weighted by atomic mass is 16.7. The second-order valence-electron chi connectivity index (χ2n) is 3.92. The van der Waals surface area contributed by atoms with Gasteiger partial charge in [0.1, 0.15) is 10.9 Å². The lowest BCUT2D eigenvalue weighted by Gasteiger charge is -2.00. The van der Waals surface area contributed by atoms with Crippen LogP contribution in [0.5, 0.6) is 11.5 Å². The van der Waals surface area contributed by atoms with Crippen molar-refractivity contribution in [3.63, 3.8) is 0 Å². The molecule has 0 aliphatic carbocycles. The summed E-state index contributed by atoms with van der Waals surface area (Å²) in [5, 5.41) is 14.8. The Balaban J connectivity index is 1.83. The number of aromatic nitrogens is 6.